The monoisotopic (exact) mass is 846 g/mol. The summed E-state index contributed by atoms with van der Waals surface area (Å²) in [6, 6.07) is -0.713. The van der Waals surface area contributed by atoms with Crippen LogP contribution in [0, 0.1) is 0 Å². The summed E-state index contributed by atoms with van der Waals surface area (Å²) in [7, 11) is 0. The number of hydrogen-bond acceptors (Lipinski definition) is 4. The van der Waals surface area contributed by atoms with Gasteiger partial charge in [-0.05, 0) is 44.9 Å². The van der Waals surface area contributed by atoms with Crippen LogP contribution in [0.2, 0.25) is 0 Å². The number of unbranched alkanes of at least 4 members (excludes halogenated alkanes) is 38. The van der Waals surface area contributed by atoms with Gasteiger partial charge in [0.25, 0.3) is 0 Å². The number of hydrogen-bond donors (Lipinski definition) is 4. The van der Waals surface area contributed by atoms with Gasteiger partial charge in [-0.2, -0.15) is 0 Å². The zero-order chi connectivity index (χ0) is 43.7. The Hall–Kier alpha value is -1.17. The summed E-state index contributed by atoms with van der Waals surface area (Å²) in [6.07, 6.45) is 63.5. The SMILES string of the molecule is CCCCCCCCCCC/C=C\C/C=C\CCCCCCCCCCCCC(O)C(=O)NC(CO)C(O)CCCCCCCCCCCCCCCCCCCCCC. The molecule has 3 unspecified atom stereocenters. The summed E-state index contributed by atoms with van der Waals surface area (Å²) in [5, 5.41) is 33.5. The second kappa shape index (κ2) is 50.5. The Morgan fingerprint density at radius 3 is 1.00 bits per heavy atom. The number of aliphatic hydroxyl groups is 3. The van der Waals surface area contributed by atoms with Crippen molar-refractivity contribution >= 4 is 5.91 Å². The molecule has 0 aliphatic rings. The summed E-state index contributed by atoms with van der Waals surface area (Å²) >= 11 is 0. The van der Waals surface area contributed by atoms with Gasteiger partial charge in [-0.3, -0.25) is 4.79 Å². The van der Waals surface area contributed by atoms with Crippen molar-refractivity contribution in [2.45, 2.75) is 315 Å². The van der Waals surface area contributed by atoms with Crippen LogP contribution in [0.25, 0.3) is 0 Å². The number of amides is 1. The summed E-state index contributed by atoms with van der Waals surface area (Å²) in [6.45, 7) is 4.26. The van der Waals surface area contributed by atoms with Crippen LogP contribution in [0.1, 0.15) is 296 Å². The van der Waals surface area contributed by atoms with Gasteiger partial charge in [0.1, 0.15) is 6.10 Å². The molecule has 0 fully saturated rings. The number of aliphatic hydroxyl groups excluding tert-OH is 3. The normalized spacial score (nSPS) is 13.5. The predicted octanol–water partition coefficient (Wildman–Crippen LogP) is 16.5. The van der Waals surface area contributed by atoms with Crippen molar-refractivity contribution in [1.82, 2.24) is 5.32 Å². The molecule has 0 radical (unpaired) electrons. The first-order valence-corrected chi connectivity index (χ1v) is 27.1. The first kappa shape index (κ1) is 58.8. The Bertz CT molecular complexity index is 890. The molecule has 5 nitrogen and oxygen atoms in total. The summed E-state index contributed by atoms with van der Waals surface area (Å²) < 4.78 is 0. The Morgan fingerprint density at radius 1 is 0.400 bits per heavy atom. The molecule has 4 N–H and O–H groups in total. The van der Waals surface area contributed by atoms with Crippen molar-refractivity contribution < 1.29 is 20.1 Å². The quantitative estimate of drug-likeness (QED) is 0.0363. The van der Waals surface area contributed by atoms with E-state index in [2.05, 4.69) is 43.5 Å². The third-order valence-electron chi connectivity index (χ3n) is 12.8. The zero-order valence-corrected chi connectivity index (χ0v) is 40.6. The lowest BCUT2D eigenvalue weighted by molar-refractivity contribution is -0.131. The molecule has 5 heteroatoms. The third-order valence-corrected chi connectivity index (χ3v) is 12.8. The average Bonchev–Trinajstić information content (AvgIpc) is 3.25. The lowest BCUT2D eigenvalue weighted by Crippen LogP contribution is -2.49. The van der Waals surface area contributed by atoms with Gasteiger partial charge >= 0.3 is 0 Å². The van der Waals surface area contributed by atoms with Crippen molar-refractivity contribution in [3.8, 4) is 0 Å². The molecule has 1 amide bonds. The van der Waals surface area contributed by atoms with Crippen LogP contribution in [-0.2, 0) is 4.79 Å². The fraction of sp³-hybridized carbons (Fsp3) is 0.909. The molecule has 0 bridgehead atoms. The highest BCUT2D eigenvalue weighted by atomic mass is 16.3. The first-order valence-electron chi connectivity index (χ1n) is 27.1. The predicted molar refractivity (Wildman–Crippen MR) is 264 cm³/mol. The maximum absolute atomic E-state index is 12.6. The Balaban J connectivity index is 3.56. The Morgan fingerprint density at radius 2 is 0.683 bits per heavy atom. The molecular weight excluding hydrogens is 739 g/mol. The van der Waals surface area contributed by atoms with Crippen LogP contribution in [-0.4, -0.2) is 46.1 Å². The third kappa shape index (κ3) is 44.9. The topological polar surface area (TPSA) is 89.8 Å². The molecule has 0 heterocycles. The number of nitrogens with one attached hydrogen (secondary N) is 1. The highest BCUT2D eigenvalue weighted by Crippen LogP contribution is 2.17. The highest BCUT2D eigenvalue weighted by Gasteiger charge is 2.23. The van der Waals surface area contributed by atoms with Gasteiger partial charge < -0.3 is 20.6 Å². The molecule has 3 atom stereocenters. The molecule has 0 aromatic rings. The van der Waals surface area contributed by atoms with Gasteiger partial charge in [0, 0.05) is 0 Å². The second-order valence-electron chi connectivity index (χ2n) is 18.8. The van der Waals surface area contributed by atoms with Crippen LogP contribution >= 0.6 is 0 Å². The van der Waals surface area contributed by atoms with Crippen LogP contribution in [0.5, 0.6) is 0 Å². The van der Waals surface area contributed by atoms with E-state index in [4.69, 9.17) is 0 Å². The average molecular weight is 846 g/mol. The summed E-state index contributed by atoms with van der Waals surface area (Å²) in [4.78, 5) is 12.6. The van der Waals surface area contributed by atoms with E-state index in [9.17, 15) is 20.1 Å². The minimum atomic E-state index is -1.08. The minimum Gasteiger partial charge on any atom is -0.394 e. The van der Waals surface area contributed by atoms with Crippen molar-refractivity contribution in [2.75, 3.05) is 6.61 Å². The fourth-order valence-electron chi connectivity index (χ4n) is 8.58. The maximum Gasteiger partial charge on any atom is 0.249 e. The first-order chi connectivity index (χ1) is 29.6. The summed E-state index contributed by atoms with van der Waals surface area (Å²) in [5.74, 6) is -0.469. The van der Waals surface area contributed by atoms with Crippen LogP contribution in [0.3, 0.4) is 0 Å². The van der Waals surface area contributed by atoms with Gasteiger partial charge in [-0.25, -0.2) is 0 Å². The standard InChI is InChI=1S/C55H107NO4/c1-3-5-7-9-11-13-15-17-19-21-23-25-26-27-28-29-30-32-34-36-38-40-42-44-46-48-50-54(59)55(60)56-52(51-57)53(58)49-47-45-43-41-39-37-35-33-31-24-22-20-18-16-14-12-10-8-6-4-2/h23,25,27-28,52-54,57-59H,3-22,24,26,29-51H2,1-2H3,(H,56,60)/b25-23-,28-27-. The smallest absolute Gasteiger partial charge is 0.249 e. The van der Waals surface area contributed by atoms with Crippen molar-refractivity contribution in [1.29, 1.82) is 0 Å². The largest absolute Gasteiger partial charge is 0.394 e. The van der Waals surface area contributed by atoms with E-state index >= 15 is 0 Å². The van der Waals surface area contributed by atoms with Gasteiger partial charge in [0.05, 0.1) is 18.8 Å². The van der Waals surface area contributed by atoms with E-state index in [1.807, 2.05) is 0 Å². The van der Waals surface area contributed by atoms with Crippen molar-refractivity contribution in [3.05, 3.63) is 24.3 Å². The van der Waals surface area contributed by atoms with E-state index in [1.165, 1.54) is 231 Å². The molecule has 0 saturated heterocycles. The fourth-order valence-corrected chi connectivity index (χ4v) is 8.58. The molecule has 0 aliphatic carbocycles. The van der Waals surface area contributed by atoms with Gasteiger partial charge in [-0.1, -0.05) is 276 Å². The van der Waals surface area contributed by atoms with E-state index in [0.29, 0.717) is 12.8 Å². The van der Waals surface area contributed by atoms with Gasteiger partial charge in [-0.15, -0.1) is 0 Å². The zero-order valence-electron chi connectivity index (χ0n) is 40.6. The molecular formula is C55H107NO4. The summed E-state index contributed by atoms with van der Waals surface area (Å²) in [5.41, 5.74) is 0. The molecule has 0 spiro atoms. The second-order valence-corrected chi connectivity index (χ2v) is 18.8. The van der Waals surface area contributed by atoms with Crippen LogP contribution in [0.4, 0.5) is 0 Å². The van der Waals surface area contributed by atoms with Gasteiger partial charge in [0.2, 0.25) is 5.91 Å². The minimum absolute atomic E-state index is 0.312. The van der Waals surface area contributed by atoms with Gasteiger partial charge in [0.15, 0.2) is 0 Å². The molecule has 356 valence electrons. The Kier molecular flexibility index (Phi) is 49.5. The van der Waals surface area contributed by atoms with Crippen molar-refractivity contribution in [2.24, 2.45) is 0 Å². The van der Waals surface area contributed by atoms with E-state index < -0.39 is 24.2 Å². The molecule has 0 saturated carbocycles. The molecule has 0 rings (SSSR count). The Labute approximate surface area is 375 Å². The lowest BCUT2D eigenvalue weighted by Gasteiger charge is -2.23. The maximum atomic E-state index is 12.6. The van der Waals surface area contributed by atoms with E-state index in [1.54, 1.807) is 0 Å². The molecule has 0 aromatic heterocycles. The van der Waals surface area contributed by atoms with Crippen LogP contribution < -0.4 is 5.32 Å². The van der Waals surface area contributed by atoms with Crippen LogP contribution in [0.15, 0.2) is 24.3 Å². The van der Waals surface area contributed by atoms with E-state index in [0.717, 1.165) is 38.5 Å². The number of allylic oxidation sites excluding steroid dienone is 4. The van der Waals surface area contributed by atoms with Crippen molar-refractivity contribution in [3.63, 3.8) is 0 Å². The number of carbonyl (C=O) groups excluding carboxylic acids is 1. The molecule has 60 heavy (non-hydrogen) atoms. The highest BCUT2D eigenvalue weighted by molar-refractivity contribution is 5.80. The molecule has 0 aromatic carbocycles. The van der Waals surface area contributed by atoms with E-state index in [-0.39, 0.29) is 6.61 Å². The molecule has 0 aliphatic heterocycles. The number of carbonyl (C=O) groups is 1. The lowest BCUT2D eigenvalue weighted by atomic mass is 10.0. The number of rotatable bonds is 50.